The lowest BCUT2D eigenvalue weighted by Gasteiger charge is -2.40. The summed E-state index contributed by atoms with van der Waals surface area (Å²) in [6.45, 7) is 5.89. The summed E-state index contributed by atoms with van der Waals surface area (Å²) in [5.74, 6) is -3.11. The van der Waals surface area contributed by atoms with Crippen LogP contribution in [-0.2, 0) is 42.9 Å². The molecule has 6 unspecified atom stereocenters. The van der Waals surface area contributed by atoms with Gasteiger partial charge in [-0.3, -0.25) is 14.4 Å². The van der Waals surface area contributed by atoms with E-state index >= 15 is 0 Å². The zero-order valence-corrected chi connectivity index (χ0v) is 48.1. The number of aliphatic hydroxyl groups is 2. The summed E-state index contributed by atoms with van der Waals surface area (Å²) in [6.07, 6.45) is 48.4. The van der Waals surface area contributed by atoms with Gasteiger partial charge in [-0.15, -0.1) is 0 Å². The average molecular weight is 1060 g/mol. The number of unbranched alkanes of at least 4 members (excludes halogenated alkanes) is 33. The lowest BCUT2D eigenvalue weighted by Crippen LogP contribution is -2.61. The molecule has 75 heavy (non-hydrogen) atoms. The van der Waals surface area contributed by atoms with E-state index in [1.165, 1.54) is 135 Å². The molecule has 0 saturated carbocycles. The predicted molar refractivity (Wildman–Crippen MR) is 303 cm³/mol. The van der Waals surface area contributed by atoms with Crippen LogP contribution < -0.4 is 0 Å². The van der Waals surface area contributed by atoms with Crippen molar-refractivity contribution in [3.63, 3.8) is 0 Å². The van der Waals surface area contributed by atoms with Crippen molar-refractivity contribution in [3.05, 3.63) is 36.5 Å². The van der Waals surface area contributed by atoms with Gasteiger partial charge < -0.3 is 39.0 Å². The Bertz CT molecular complexity index is 1450. The largest absolute Gasteiger partial charge is 0.479 e. The molecule has 1 saturated heterocycles. The molecule has 12 nitrogen and oxygen atoms in total. The number of carboxylic acid groups (broad SMARTS) is 1. The van der Waals surface area contributed by atoms with E-state index in [4.69, 9.17) is 23.7 Å². The summed E-state index contributed by atoms with van der Waals surface area (Å²) in [5, 5.41) is 31.5. The highest BCUT2D eigenvalue weighted by Gasteiger charge is 2.50. The number of rotatable bonds is 53. The topological polar surface area (TPSA) is 175 Å². The molecule has 0 aromatic rings. The number of carbonyl (C=O) groups excluding carboxylic acids is 3. The van der Waals surface area contributed by atoms with Crippen LogP contribution in [0.4, 0.5) is 0 Å². The Balaban J connectivity index is 2.64. The number of esters is 3. The van der Waals surface area contributed by atoms with Gasteiger partial charge in [0.1, 0.15) is 18.8 Å². The minimum Gasteiger partial charge on any atom is -0.479 e. The Labute approximate surface area is 457 Å². The van der Waals surface area contributed by atoms with Crippen LogP contribution in [0.1, 0.15) is 290 Å². The van der Waals surface area contributed by atoms with Crippen molar-refractivity contribution in [1.29, 1.82) is 0 Å². The highest BCUT2D eigenvalue weighted by molar-refractivity contribution is 5.74. The van der Waals surface area contributed by atoms with E-state index in [1.807, 2.05) is 0 Å². The van der Waals surface area contributed by atoms with E-state index in [1.54, 1.807) is 0 Å². The van der Waals surface area contributed by atoms with Crippen LogP contribution >= 0.6 is 0 Å². The number of ether oxygens (including phenoxy) is 5. The molecule has 0 amide bonds. The molecule has 436 valence electrons. The molecule has 0 aromatic carbocycles. The second-order valence-corrected chi connectivity index (χ2v) is 21.3. The van der Waals surface area contributed by atoms with Crippen LogP contribution in [0.25, 0.3) is 0 Å². The van der Waals surface area contributed by atoms with Gasteiger partial charge in [-0.1, -0.05) is 256 Å². The first-order chi connectivity index (χ1) is 36.6. The van der Waals surface area contributed by atoms with Gasteiger partial charge in [0.2, 0.25) is 0 Å². The fourth-order valence-corrected chi connectivity index (χ4v) is 9.50. The molecule has 1 aliphatic heterocycles. The van der Waals surface area contributed by atoms with E-state index < -0.39 is 67.3 Å². The van der Waals surface area contributed by atoms with Crippen molar-refractivity contribution in [2.24, 2.45) is 0 Å². The Morgan fingerprint density at radius 1 is 0.453 bits per heavy atom. The van der Waals surface area contributed by atoms with Crippen molar-refractivity contribution in [3.8, 4) is 0 Å². The fourth-order valence-electron chi connectivity index (χ4n) is 9.50. The van der Waals surface area contributed by atoms with Gasteiger partial charge in [0, 0.05) is 19.3 Å². The minimum atomic E-state index is -1.90. The van der Waals surface area contributed by atoms with Crippen molar-refractivity contribution < 1.29 is 58.2 Å². The number of carboxylic acids is 1. The molecule has 1 rings (SSSR count). The third kappa shape index (κ3) is 41.7. The van der Waals surface area contributed by atoms with E-state index in [-0.39, 0.29) is 25.9 Å². The smallest absolute Gasteiger partial charge is 0.335 e. The molecule has 0 radical (unpaired) electrons. The van der Waals surface area contributed by atoms with Gasteiger partial charge in [-0.25, -0.2) is 4.79 Å². The maximum atomic E-state index is 13.1. The Morgan fingerprint density at radius 3 is 1.28 bits per heavy atom. The summed E-state index contributed by atoms with van der Waals surface area (Å²) in [4.78, 5) is 51.1. The van der Waals surface area contributed by atoms with Gasteiger partial charge in [0.05, 0.1) is 6.61 Å². The predicted octanol–water partition coefficient (Wildman–Crippen LogP) is 16.0. The van der Waals surface area contributed by atoms with E-state index in [9.17, 15) is 34.5 Å². The summed E-state index contributed by atoms with van der Waals surface area (Å²) in [6, 6.07) is 0. The van der Waals surface area contributed by atoms with Crippen LogP contribution in [0.2, 0.25) is 0 Å². The highest BCUT2D eigenvalue weighted by Crippen LogP contribution is 2.27. The monoisotopic (exact) mass is 1060 g/mol. The molecule has 0 spiro atoms. The minimum absolute atomic E-state index is 0.0631. The van der Waals surface area contributed by atoms with Gasteiger partial charge in [-0.05, 0) is 51.4 Å². The third-order valence-corrected chi connectivity index (χ3v) is 14.2. The fraction of sp³-hybridized carbons (Fsp3) is 0.841. The summed E-state index contributed by atoms with van der Waals surface area (Å²) in [5.41, 5.74) is 0. The number of allylic oxidation sites excluding steroid dienone is 6. The SMILES string of the molecule is CC/C=C\C/C=C\C/C=C\CCCCCCCC(=O)OC(COC(=O)CCCCCCCCCCCCCCCCCCCCC)COC1OC(C(=O)O)C(O)C(O)C1OC(=O)CCCCCCCCCCCCC. The first-order valence-corrected chi connectivity index (χ1v) is 31.0. The first kappa shape index (κ1) is 70.0. The third-order valence-electron chi connectivity index (χ3n) is 14.2. The Morgan fingerprint density at radius 2 is 0.840 bits per heavy atom. The molecular weight excluding hydrogens is 949 g/mol. The summed E-state index contributed by atoms with van der Waals surface area (Å²) >= 11 is 0. The first-order valence-electron chi connectivity index (χ1n) is 31.0. The highest BCUT2D eigenvalue weighted by atomic mass is 16.7. The molecule has 1 heterocycles. The van der Waals surface area contributed by atoms with Crippen LogP contribution in [0.5, 0.6) is 0 Å². The second kappa shape index (κ2) is 51.7. The van der Waals surface area contributed by atoms with Crippen LogP contribution in [0.15, 0.2) is 36.5 Å². The van der Waals surface area contributed by atoms with Gasteiger partial charge in [-0.2, -0.15) is 0 Å². The molecule has 12 heteroatoms. The average Bonchev–Trinajstić information content (AvgIpc) is 3.39. The van der Waals surface area contributed by atoms with Crippen LogP contribution in [0.3, 0.4) is 0 Å². The normalized spacial score (nSPS) is 18.3. The van der Waals surface area contributed by atoms with Gasteiger partial charge >= 0.3 is 23.9 Å². The molecule has 6 atom stereocenters. The lowest BCUT2D eigenvalue weighted by molar-refractivity contribution is -0.301. The Kier molecular flexibility index (Phi) is 48.2. The molecule has 1 aliphatic rings. The maximum absolute atomic E-state index is 13.1. The lowest BCUT2D eigenvalue weighted by atomic mass is 9.98. The van der Waals surface area contributed by atoms with E-state index in [0.29, 0.717) is 19.3 Å². The molecule has 3 N–H and O–H groups in total. The van der Waals surface area contributed by atoms with Crippen molar-refractivity contribution in [2.45, 2.75) is 327 Å². The number of hydrogen-bond acceptors (Lipinski definition) is 11. The second-order valence-electron chi connectivity index (χ2n) is 21.3. The van der Waals surface area contributed by atoms with Gasteiger partial charge in [0.15, 0.2) is 24.6 Å². The standard InChI is InChI=1S/C63H112O12/c1-4-7-10-13-16-19-22-24-26-27-28-29-31-32-35-37-40-43-46-49-55(64)71-52-54(73-56(65)50-47-44-41-39-36-33-30-25-23-20-17-14-11-8-5-2)53-72-63-61(59(68)58(67)60(75-63)62(69)70)74-57(66)51-48-45-42-38-34-21-18-15-12-9-6-3/h8,11,17,20,25,30,54,58-61,63,67-68H,4-7,9-10,12-16,18-19,21-24,26-29,31-53H2,1-3H3,(H,69,70)/b11-8-,20-17-,30-25-. The van der Waals surface area contributed by atoms with Crippen LogP contribution in [-0.4, -0.2) is 89.2 Å². The van der Waals surface area contributed by atoms with Crippen molar-refractivity contribution in [2.75, 3.05) is 13.2 Å². The molecule has 1 fully saturated rings. The number of hydrogen-bond donors (Lipinski definition) is 3. The van der Waals surface area contributed by atoms with Crippen LogP contribution in [0, 0.1) is 0 Å². The number of carbonyl (C=O) groups is 4. The number of aliphatic hydroxyl groups excluding tert-OH is 2. The quantitative estimate of drug-likeness (QED) is 0.0228. The van der Waals surface area contributed by atoms with Gasteiger partial charge in [0.25, 0.3) is 0 Å². The molecular formula is C63H112O12. The molecule has 0 aromatic heterocycles. The number of aliphatic carboxylic acids is 1. The molecule has 0 bridgehead atoms. The molecule has 0 aliphatic carbocycles. The van der Waals surface area contributed by atoms with Crippen molar-refractivity contribution >= 4 is 23.9 Å². The van der Waals surface area contributed by atoms with E-state index in [0.717, 1.165) is 96.3 Å². The van der Waals surface area contributed by atoms with E-state index in [2.05, 4.69) is 57.2 Å². The summed E-state index contributed by atoms with van der Waals surface area (Å²) < 4.78 is 28.4. The Hall–Kier alpha value is -3.06. The van der Waals surface area contributed by atoms with Crippen molar-refractivity contribution in [1.82, 2.24) is 0 Å². The maximum Gasteiger partial charge on any atom is 0.335 e. The zero-order valence-electron chi connectivity index (χ0n) is 48.1. The summed E-state index contributed by atoms with van der Waals surface area (Å²) in [7, 11) is 0. The zero-order chi connectivity index (χ0) is 54.7.